The van der Waals surface area contributed by atoms with E-state index >= 15 is 0 Å². The molecule has 7 rings (SSSR count). The Labute approximate surface area is 481 Å². The van der Waals surface area contributed by atoms with E-state index in [1.165, 1.54) is 0 Å². The number of nitrogens with one attached hydrogen (secondary N) is 2. The van der Waals surface area contributed by atoms with Gasteiger partial charge in [-0.2, -0.15) is 0 Å². The predicted molar refractivity (Wildman–Crippen MR) is 260 cm³/mol. The van der Waals surface area contributed by atoms with Gasteiger partial charge in [0.25, 0.3) is 0 Å². The number of amides is 2. The molecule has 0 unspecified atom stereocenters. The molecule has 0 spiro atoms. The van der Waals surface area contributed by atoms with Crippen LogP contribution in [-0.4, -0.2) is 382 Å². The van der Waals surface area contributed by atoms with Crippen molar-refractivity contribution in [1.82, 2.24) is 10.6 Å². The molecule has 494 valence electrons. The molecule has 85 heavy (non-hydrogen) atoms. The third-order valence-electron chi connectivity index (χ3n) is 15.5. The molecule has 7 heterocycles. The topological polar surface area (TPSA) is 592 Å². The van der Waals surface area contributed by atoms with Crippen LogP contribution in [0.4, 0.5) is 0 Å². The Hall–Kier alpha value is -2.42. The summed E-state index contributed by atoms with van der Waals surface area (Å²) in [5.74, 6) is -1.69. The molecule has 7 aliphatic rings. The van der Waals surface area contributed by atoms with Crippen LogP contribution >= 0.6 is 0 Å². The molecule has 35 atom stereocenters. The van der Waals surface area contributed by atoms with Crippen LogP contribution in [0, 0.1) is 0 Å². The van der Waals surface area contributed by atoms with Gasteiger partial charge in [0.1, 0.15) is 171 Å². The van der Waals surface area contributed by atoms with E-state index in [1.807, 2.05) is 0 Å². The minimum absolute atomic E-state index is 0.838. The lowest BCUT2D eigenvalue weighted by atomic mass is 9.94. The number of hydrogen-bond acceptors (Lipinski definition) is 36. The second-order valence-corrected chi connectivity index (χ2v) is 21.3. The van der Waals surface area contributed by atoms with E-state index in [-0.39, 0.29) is 0 Å². The molecule has 0 bridgehead atoms. The molecule has 2 amide bonds. The van der Waals surface area contributed by atoms with Gasteiger partial charge in [-0.15, -0.1) is 0 Å². The van der Waals surface area contributed by atoms with Crippen molar-refractivity contribution in [3.63, 3.8) is 0 Å². The van der Waals surface area contributed by atoms with E-state index in [2.05, 4.69) is 10.6 Å². The Bertz CT molecular complexity index is 2080. The van der Waals surface area contributed by atoms with Crippen molar-refractivity contribution in [2.75, 3.05) is 53.4 Å². The van der Waals surface area contributed by atoms with E-state index in [0.717, 1.165) is 21.0 Å². The van der Waals surface area contributed by atoms with Crippen LogP contribution < -0.4 is 10.6 Å². The molecular formula is C47H80N2O36. The molecule has 0 aromatic carbocycles. The first-order valence-electron chi connectivity index (χ1n) is 27.0. The van der Waals surface area contributed by atoms with E-state index in [1.54, 1.807) is 0 Å². The molecule has 7 fully saturated rings. The van der Waals surface area contributed by atoms with Crippen LogP contribution in [-0.2, 0) is 75.9 Å². The second kappa shape index (κ2) is 30.6. The van der Waals surface area contributed by atoms with E-state index in [0.29, 0.717) is 0 Å². The summed E-state index contributed by atoms with van der Waals surface area (Å²) in [6.07, 6.45) is -62.6. The lowest BCUT2D eigenvalue weighted by molar-refractivity contribution is -0.391. The summed E-state index contributed by atoms with van der Waals surface area (Å²) in [6.45, 7) is -4.65. The van der Waals surface area contributed by atoms with Gasteiger partial charge in [0.2, 0.25) is 11.8 Å². The van der Waals surface area contributed by atoms with Crippen LogP contribution in [0.15, 0.2) is 0 Å². The van der Waals surface area contributed by atoms with E-state index < -0.39 is 273 Å². The molecule has 22 N–H and O–H groups in total. The summed E-state index contributed by atoms with van der Waals surface area (Å²) >= 11 is 0. The highest BCUT2D eigenvalue weighted by Gasteiger charge is 2.59. The number of aliphatic hydroxyl groups is 20. The summed E-state index contributed by atoms with van der Waals surface area (Å²) in [5.41, 5.74) is 0. The average molecular weight is 1250 g/mol. The number of hydrogen-bond donors (Lipinski definition) is 22. The number of aliphatic hydroxyl groups excluding tert-OH is 20. The monoisotopic (exact) mass is 1250 g/mol. The van der Waals surface area contributed by atoms with Gasteiger partial charge in [0, 0.05) is 21.0 Å². The fourth-order valence-electron chi connectivity index (χ4n) is 10.8. The van der Waals surface area contributed by atoms with Gasteiger partial charge in [-0.25, -0.2) is 0 Å². The van der Waals surface area contributed by atoms with Crippen LogP contribution in [0.3, 0.4) is 0 Å². The molecule has 7 aliphatic heterocycles. The van der Waals surface area contributed by atoms with Gasteiger partial charge in [-0.05, 0) is 0 Å². The summed E-state index contributed by atoms with van der Waals surface area (Å²) in [7, 11) is 1.05. The van der Waals surface area contributed by atoms with Crippen molar-refractivity contribution in [3.05, 3.63) is 0 Å². The summed E-state index contributed by atoms with van der Waals surface area (Å²) in [4.78, 5) is 25.2. The fourth-order valence-corrected chi connectivity index (χ4v) is 10.8. The minimum atomic E-state index is -2.17. The predicted octanol–water partition coefficient (Wildman–Crippen LogP) is -15.3. The van der Waals surface area contributed by atoms with Crippen LogP contribution in [0.1, 0.15) is 13.8 Å². The average Bonchev–Trinajstić information content (AvgIpc) is 2.42. The number of methoxy groups -OCH3 is 1. The van der Waals surface area contributed by atoms with E-state index in [4.69, 9.17) is 66.3 Å². The summed E-state index contributed by atoms with van der Waals surface area (Å²) < 4.78 is 80.8. The van der Waals surface area contributed by atoms with Crippen LogP contribution in [0.2, 0.25) is 0 Å². The first-order valence-corrected chi connectivity index (χ1v) is 27.0. The van der Waals surface area contributed by atoms with Gasteiger partial charge in [0.05, 0.1) is 46.2 Å². The Kier molecular flexibility index (Phi) is 25.2. The molecule has 0 aromatic rings. The number of carbonyl (C=O) groups excluding carboxylic acids is 2. The van der Waals surface area contributed by atoms with Gasteiger partial charge in [-0.1, -0.05) is 0 Å². The third-order valence-corrected chi connectivity index (χ3v) is 15.5. The molecule has 38 heteroatoms. The second-order valence-electron chi connectivity index (χ2n) is 21.3. The molecule has 0 aliphatic carbocycles. The van der Waals surface area contributed by atoms with E-state index in [9.17, 15) is 112 Å². The Morgan fingerprint density at radius 2 is 0.635 bits per heavy atom. The minimum Gasteiger partial charge on any atom is -0.394 e. The molecular weight excluding hydrogens is 1170 g/mol. The number of rotatable bonds is 22. The van der Waals surface area contributed by atoms with Crippen molar-refractivity contribution in [3.8, 4) is 0 Å². The van der Waals surface area contributed by atoms with Crippen LogP contribution in [0.5, 0.6) is 0 Å². The SMILES string of the molecule is CO[C@H]1O[C@H](CO[C@H]2O[C@H](CO)[C@@H](O)[C@H](O)[C@@H]2O[C@@H]2O[C@H](CO)[C@@H](O[C@@H]3O[C@H](CO)[C@H](O)[C@H](O)[C@H]3O)[C@H](O)[C@H]2NC(C)=O)[C@@H](O)[C@H](O[C@H]2O[C@H](CO)[C@@H](O)[C@H](O)[C@@H]2O[C@@H]2O[C@H](CO)[C@@H](O[C@@H]3O[C@H](CO)[C@H](O)[C@H](O)[C@H]3O)[C@H](O)[C@H]2NC(C)=O)[C@@H]1O. The molecule has 7 saturated heterocycles. The first-order chi connectivity index (χ1) is 40.3. The molecule has 0 saturated carbocycles. The van der Waals surface area contributed by atoms with Gasteiger partial charge in [-0.3, -0.25) is 9.59 Å². The fraction of sp³-hybridized carbons (Fsp3) is 0.957. The maximum absolute atomic E-state index is 12.6. The Morgan fingerprint density at radius 3 is 1.01 bits per heavy atom. The van der Waals surface area contributed by atoms with Crippen molar-refractivity contribution in [2.24, 2.45) is 0 Å². The molecule has 38 nitrogen and oxygen atoms in total. The zero-order valence-electron chi connectivity index (χ0n) is 45.6. The highest BCUT2D eigenvalue weighted by Crippen LogP contribution is 2.37. The quantitative estimate of drug-likeness (QED) is 0.0479. The van der Waals surface area contributed by atoms with Gasteiger partial charge < -0.3 is 179 Å². The van der Waals surface area contributed by atoms with Crippen LogP contribution in [0.25, 0.3) is 0 Å². The van der Waals surface area contributed by atoms with Crippen molar-refractivity contribution in [2.45, 2.75) is 229 Å². The van der Waals surface area contributed by atoms with Crippen molar-refractivity contribution in [1.29, 1.82) is 0 Å². The Balaban J connectivity index is 1.10. The largest absolute Gasteiger partial charge is 0.394 e. The molecule has 0 aromatic heterocycles. The highest BCUT2D eigenvalue weighted by molar-refractivity contribution is 5.73. The lowest BCUT2D eigenvalue weighted by Gasteiger charge is -2.50. The molecule has 0 radical (unpaired) electrons. The maximum Gasteiger partial charge on any atom is 0.217 e. The third kappa shape index (κ3) is 15.2. The highest BCUT2D eigenvalue weighted by atomic mass is 16.8. The number of carbonyl (C=O) groups is 2. The smallest absolute Gasteiger partial charge is 0.217 e. The normalized spacial score (nSPS) is 49.9. The standard InChI is InChI=1S/C47H80N2O36/c1-11(56)48-20-27(63)36(81-44-33(69)29(65)22(58)13(4-50)74-44)17(8-54)78-41(20)84-39-31(67)24(60)15(6-52)76-46(39)73-10-19-26(62)38(35(71)43(72-3)80-19)83-47-40(32(68)25(61)16(7-53)77-47)85-42-21(49-12(2)57)28(64)37(18(9-55)79-42)82-45-34(70)30(66)23(59)14(5-51)75-45/h13-47,50-55,58-71H,4-10H2,1-3H3,(H,48,56)(H,49,57)/t13-,14-,15-,16-,17-,18-,19-,20-,21-,22+,23+,24-,25-,26-,27-,28-,29+,30+,31+,32+,33-,34-,35+,36-,37-,38+,39+,40+,41+,42+,43+,44+,45+,46+,47-/m1/s1. The van der Waals surface area contributed by atoms with Crippen molar-refractivity contribution < 1.29 is 178 Å². The summed E-state index contributed by atoms with van der Waals surface area (Å²) in [5, 5.41) is 220. The maximum atomic E-state index is 12.6. The van der Waals surface area contributed by atoms with Gasteiger partial charge >= 0.3 is 0 Å². The number of ether oxygens (including phenoxy) is 14. The first kappa shape index (κ1) is 70.0. The zero-order valence-corrected chi connectivity index (χ0v) is 45.6. The zero-order chi connectivity index (χ0) is 62.6. The summed E-state index contributed by atoms with van der Waals surface area (Å²) in [6, 6.07) is -3.54. The van der Waals surface area contributed by atoms with Crippen molar-refractivity contribution >= 4 is 11.8 Å². The Morgan fingerprint density at radius 1 is 0.318 bits per heavy atom. The van der Waals surface area contributed by atoms with Gasteiger partial charge in [0.15, 0.2) is 44.0 Å². The lowest BCUT2D eigenvalue weighted by Crippen LogP contribution is -2.70.